The fourth-order valence-electron chi connectivity index (χ4n) is 2.41. The van der Waals surface area contributed by atoms with Crippen molar-refractivity contribution in [1.82, 2.24) is 30.5 Å². The number of nitrogens with zero attached hydrogens (tertiary/aromatic N) is 5. The Bertz CT molecular complexity index is 888. The Labute approximate surface area is 150 Å². The van der Waals surface area contributed by atoms with E-state index in [0.717, 1.165) is 11.1 Å². The van der Waals surface area contributed by atoms with Gasteiger partial charge in [-0.1, -0.05) is 41.0 Å². The Kier molecular flexibility index (Phi) is 5.37. The minimum atomic E-state index is -0.411. The molecule has 0 radical (unpaired) electrons. The second-order valence-corrected chi connectivity index (χ2v) is 5.78. The molecule has 0 bridgehead atoms. The Balaban J connectivity index is 1.67. The van der Waals surface area contributed by atoms with Crippen LogP contribution in [-0.2, 0) is 13.1 Å². The third-order valence-electron chi connectivity index (χ3n) is 3.80. The van der Waals surface area contributed by atoms with Gasteiger partial charge in [0.25, 0.3) is 0 Å². The number of nitrogens with one attached hydrogen (secondary N) is 1. The van der Waals surface area contributed by atoms with Crippen molar-refractivity contribution in [1.29, 1.82) is 0 Å². The molecule has 0 aliphatic carbocycles. The molecule has 3 aromatic rings. The number of amides is 1. The molecular weight excluding hydrogens is 336 g/mol. The molecule has 1 aromatic carbocycles. The lowest BCUT2D eigenvalue weighted by Gasteiger charge is -2.15. The van der Waals surface area contributed by atoms with Gasteiger partial charge in [0.15, 0.2) is 5.82 Å². The van der Waals surface area contributed by atoms with Crippen LogP contribution in [0.3, 0.4) is 0 Å². The summed E-state index contributed by atoms with van der Waals surface area (Å²) in [7, 11) is 1.51. The average Bonchev–Trinajstić information content (AvgIpc) is 3.30. The fourth-order valence-corrected chi connectivity index (χ4v) is 2.41. The Morgan fingerprint density at radius 3 is 2.77 bits per heavy atom. The van der Waals surface area contributed by atoms with Crippen LogP contribution in [0.4, 0.5) is 0 Å². The van der Waals surface area contributed by atoms with Gasteiger partial charge in [0.1, 0.15) is 0 Å². The van der Waals surface area contributed by atoms with Crippen molar-refractivity contribution in [3.8, 4) is 11.4 Å². The molecule has 0 spiro atoms. The Morgan fingerprint density at radius 1 is 1.19 bits per heavy atom. The smallest absolute Gasteiger partial charge is 0.315 e. The molecule has 0 saturated carbocycles. The number of hydrogen-bond donors (Lipinski definition) is 1. The first-order valence-electron chi connectivity index (χ1n) is 8.25. The van der Waals surface area contributed by atoms with E-state index in [1.165, 1.54) is 7.05 Å². The van der Waals surface area contributed by atoms with E-state index in [9.17, 15) is 4.79 Å². The standard InChI is InChI=1S/C17H20N6O3/c1-4-23(9-13-19-17(26-21-13)16(24)18-3)10-14-20-15(22-25-14)12-7-5-6-11(2)8-12/h5-8H,4,9-10H2,1-3H3,(H,18,24). The van der Waals surface area contributed by atoms with Crippen molar-refractivity contribution in [3.63, 3.8) is 0 Å². The maximum absolute atomic E-state index is 11.5. The van der Waals surface area contributed by atoms with Crippen LogP contribution >= 0.6 is 0 Å². The summed E-state index contributed by atoms with van der Waals surface area (Å²) in [5.41, 5.74) is 2.05. The van der Waals surface area contributed by atoms with E-state index in [0.29, 0.717) is 37.2 Å². The quantitative estimate of drug-likeness (QED) is 0.682. The predicted octanol–water partition coefficient (Wildman–Crippen LogP) is 1.81. The molecule has 2 heterocycles. The zero-order valence-electron chi connectivity index (χ0n) is 14.9. The number of rotatable bonds is 7. The monoisotopic (exact) mass is 356 g/mol. The van der Waals surface area contributed by atoms with Gasteiger partial charge in [-0.25, -0.2) is 0 Å². The summed E-state index contributed by atoms with van der Waals surface area (Å²) in [6, 6.07) is 7.92. The summed E-state index contributed by atoms with van der Waals surface area (Å²) in [5, 5.41) is 10.3. The molecule has 1 amide bonds. The van der Waals surface area contributed by atoms with Crippen molar-refractivity contribution in [2.45, 2.75) is 26.9 Å². The highest BCUT2D eigenvalue weighted by Gasteiger charge is 2.17. The molecule has 0 fully saturated rings. The lowest BCUT2D eigenvalue weighted by molar-refractivity contribution is 0.0919. The number of benzene rings is 1. The zero-order chi connectivity index (χ0) is 18.5. The lowest BCUT2D eigenvalue weighted by Crippen LogP contribution is -2.23. The van der Waals surface area contributed by atoms with E-state index in [1.54, 1.807) is 0 Å². The van der Waals surface area contributed by atoms with Gasteiger partial charge < -0.3 is 14.4 Å². The first-order chi connectivity index (χ1) is 12.6. The van der Waals surface area contributed by atoms with Crippen molar-refractivity contribution < 1.29 is 13.8 Å². The summed E-state index contributed by atoms with van der Waals surface area (Å²) >= 11 is 0. The highest BCUT2D eigenvalue weighted by molar-refractivity contribution is 5.89. The van der Waals surface area contributed by atoms with Gasteiger partial charge in [-0.3, -0.25) is 9.69 Å². The van der Waals surface area contributed by atoms with Crippen molar-refractivity contribution in [2.24, 2.45) is 0 Å². The second kappa shape index (κ2) is 7.87. The van der Waals surface area contributed by atoms with Gasteiger partial charge in [0.2, 0.25) is 11.7 Å². The van der Waals surface area contributed by atoms with Crippen molar-refractivity contribution in [3.05, 3.63) is 47.4 Å². The van der Waals surface area contributed by atoms with Gasteiger partial charge in [-0.05, 0) is 19.5 Å². The molecule has 9 nitrogen and oxygen atoms in total. The Hall–Kier alpha value is -3.07. The van der Waals surface area contributed by atoms with Gasteiger partial charge in [-0.15, -0.1) is 0 Å². The van der Waals surface area contributed by atoms with E-state index in [2.05, 4.69) is 25.6 Å². The van der Waals surface area contributed by atoms with E-state index in [1.807, 2.05) is 43.0 Å². The average molecular weight is 356 g/mol. The summed E-state index contributed by atoms with van der Waals surface area (Å²) in [5.74, 6) is 1.01. The van der Waals surface area contributed by atoms with E-state index in [4.69, 9.17) is 9.05 Å². The molecule has 2 aromatic heterocycles. The Morgan fingerprint density at radius 2 is 2.04 bits per heavy atom. The van der Waals surface area contributed by atoms with Crippen LogP contribution in [0.25, 0.3) is 11.4 Å². The van der Waals surface area contributed by atoms with Gasteiger partial charge >= 0.3 is 11.8 Å². The number of aryl methyl sites for hydroxylation is 1. The van der Waals surface area contributed by atoms with Crippen molar-refractivity contribution >= 4 is 5.91 Å². The van der Waals surface area contributed by atoms with Crippen LogP contribution in [0.2, 0.25) is 0 Å². The summed E-state index contributed by atoms with van der Waals surface area (Å²) in [6.45, 7) is 5.57. The highest BCUT2D eigenvalue weighted by atomic mass is 16.5. The third kappa shape index (κ3) is 4.12. The molecule has 0 atom stereocenters. The molecular formula is C17H20N6O3. The fraction of sp³-hybridized carbons (Fsp3) is 0.353. The molecule has 0 aliphatic rings. The number of carbonyl (C=O) groups excluding carboxylic acids is 1. The van der Waals surface area contributed by atoms with E-state index in [-0.39, 0.29) is 5.89 Å². The zero-order valence-corrected chi connectivity index (χ0v) is 14.9. The minimum Gasteiger partial charge on any atom is -0.351 e. The van der Waals surface area contributed by atoms with E-state index >= 15 is 0 Å². The molecule has 1 N–H and O–H groups in total. The largest absolute Gasteiger partial charge is 0.351 e. The van der Waals surface area contributed by atoms with Crippen molar-refractivity contribution in [2.75, 3.05) is 13.6 Å². The van der Waals surface area contributed by atoms with Gasteiger partial charge in [-0.2, -0.15) is 9.97 Å². The maximum atomic E-state index is 11.5. The maximum Gasteiger partial charge on any atom is 0.315 e. The van der Waals surface area contributed by atoms with Gasteiger partial charge in [0, 0.05) is 12.6 Å². The first kappa shape index (κ1) is 17.7. The molecule has 0 aliphatic heterocycles. The van der Waals surface area contributed by atoms with Crippen LogP contribution in [0.15, 0.2) is 33.3 Å². The predicted molar refractivity (Wildman–Crippen MR) is 91.9 cm³/mol. The molecule has 9 heteroatoms. The normalized spacial score (nSPS) is 11.1. The molecule has 136 valence electrons. The third-order valence-corrected chi connectivity index (χ3v) is 3.80. The SMILES string of the molecule is CCN(Cc1noc(C(=O)NC)n1)Cc1nc(-c2cccc(C)c2)no1. The molecule has 3 rings (SSSR count). The molecule has 0 saturated heterocycles. The van der Waals surface area contributed by atoms with Crippen LogP contribution < -0.4 is 5.32 Å². The van der Waals surface area contributed by atoms with Gasteiger partial charge in [0.05, 0.1) is 13.1 Å². The number of carbonyl (C=O) groups is 1. The summed E-state index contributed by atoms with van der Waals surface area (Å²) < 4.78 is 10.3. The van der Waals surface area contributed by atoms with E-state index < -0.39 is 5.91 Å². The van der Waals surface area contributed by atoms with Crippen LogP contribution in [-0.4, -0.2) is 44.7 Å². The molecule has 26 heavy (non-hydrogen) atoms. The second-order valence-electron chi connectivity index (χ2n) is 5.78. The minimum absolute atomic E-state index is 0.0573. The summed E-state index contributed by atoms with van der Waals surface area (Å²) in [4.78, 5) is 22.0. The lowest BCUT2D eigenvalue weighted by atomic mass is 10.1. The topological polar surface area (TPSA) is 110 Å². The molecule has 0 unspecified atom stereocenters. The number of hydrogen-bond acceptors (Lipinski definition) is 8. The highest BCUT2D eigenvalue weighted by Crippen LogP contribution is 2.17. The van der Waals surface area contributed by atoms with Crippen LogP contribution in [0, 0.1) is 6.92 Å². The number of aromatic nitrogens is 4. The van der Waals surface area contributed by atoms with Crippen LogP contribution in [0.1, 0.15) is 34.9 Å². The first-order valence-corrected chi connectivity index (χ1v) is 8.25. The summed E-state index contributed by atoms with van der Waals surface area (Å²) in [6.07, 6.45) is 0. The van der Waals surface area contributed by atoms with Crippen LogP contribution in [0.5, 0.6) is 0 Å².